The van der Waals surface area contributed by atoms with Crippen LogP contribution in [0.1, 0.15) is 0 Å². The third kappa shape index (κ3) is 5.12. The molecule has 0 aliphatic carbocycles. The van der Waals surface area contributed by atoms with Gasteiger partial charge in [0, 0.05) is 32.7 Å². The van der Waals surface area contributed by atoms with Crippen molar-refractivity contribution in [3.8, 4) is 22.6 Å². The molecule has 0 unspecified atom stereocenters. The van der Waals surface area contributed by atoms with Gasteiger partial charge in [-0.2, -0.15) is 0 Å². The number of aliphatic hydroxyl groups excluding tert-OH is 1. The van der Waals surface area contributed by atoms with Crippen LogP contribution < -0.4 is 9.64 Å². The van der Waals surface area contributed by atoms with E-state index in [1.165, 1.54) is 5.56 Å². The zero-order chi connectivity index (χ0) is 20.8. The van der Waals surface area contributed by atoms with Gasteiger partial charge in [-0.25, -0.2) is 0 Å². The van der Waals surface area contributed by atoms with E-state index in [9.17, 15) is 10.2 Å². The maximum absolute atomic E-state index is 10.4. The first kappa shape index (κ1) is 20.3. The normalized spacial score (nSPS) is 15.7. The largest absolute Gasteiger partial charge is 0.506 e. The summed E-state index contributed by atoms with van der Waals surface area (Å²) in [7, 11) is 0. The predicted molar refractivity (Wildman–Crippen MR) is 120 cm³/mol. The molecule has 3 aromatic carbocycles. The van der Waals surface area contributed by atoms with Crippen molar-refractivity contribution >= 4 is 5.69 Å². The Morgan fingerprint density at radius 2 is 1.40 bits per heavy atom. The molecule has 1 heterocycles. The van der Waals surface area contributed by atoms with Crippen LogP contribution in [0, 0.1) is 0 Å². The highest BCUT2D eigenvalue weighted by Crippen LogP contribution is 2.27. The van der Waals surface area contributed by atoms with E-state index >= 15 is 0 Å². The molecule has 1 saturated heterocycles. The summed E-state index contributed by atoms with van der Waals surface area (Å²) in [5.41, 5.74) is 3.19. The van der Waals surface area contributed by atoms with Crippen molar-refractivity contribution in [3.63, 3.8) is 0 Å². The lowest BCUT2D eigenvalue weighted by atomic mass is 10.1. The Labute approximate surface area is 177 Å². The first-order valence-corrected chi connectivity index (χ1v) is 10.4. The van der Waals surface area contributed by atoms with Gasteiger partial charge in [0.25, 0.3) is 0 Å². The van der Waals surface area contributed by atoms with Gasteiger partial charge in [-0.1, -0.05) is 54.6 Å². The number of hydrogen-bond donors (Lipinski definition) is 2. The average Bonchev–Trinajstić information content (AvgIpc) is 2.80. The minimum atomic E-state index is -0.546. The third-order valence-electron chi connectivity index (χ3n) is 5.47. The van der Waals surface area contributed by atoms with E-state index in [0.29, 0.717) is 12.3 Å². The Morgan fingerprint density at radius 3 is 2.10 bits per heavy atom. The molecule has 0 amide bonds. The maximum atomic E-state index is 10.4. The molecule has 1 aliphatic rings. The molecule has 5 heteroatoms. The summed E-state index contributed by atoms with van der Waals surface area (Å²) in [4.78, 5) is 4.42. The molecule has 1 fully saturated rings. The fourth-order valence-electron chi connectivity index (χ4n) is 3.82. The average molecular weight is 405 g/mol. The molecule has 0 saturated carbocycles. The molecule has 4 rings (SSSR count). The number of hydrogen-bond acceptors (Lipinski definition) is 5. The van der Waals surface area contributed by atoms with Crippen LogP contribution in [0.15, 0.2) is 78.9 Å². The maximum Gasteiger partial charge on any atom is 0.138 e. The van der Waals surface area contributed by atoms with Crippen molar-refractivity contribution < 1.29 is 14.9 Å². The summed E-state index contributed by atoms with van der Waals surface area (Å²) in [6.45, 7) is 4.19. The molecule has 1 aliphatic heterocycles. The predicted octanol–water partition coefficient (Wildman–Crippen LogP) is 3.62. The molecule has 2 N–H and O–H groups in total. The van der Waals surface area contributed by atoms with Crippen molar-refractivity contribution in [1.29, 1.82) is 0 Å². The van der Waals surface area contributed by atoms with Crippen molar-refractivity contribution in [2.24, 2.45) is 0 Å². The van der Waals surface area contributed by atoms with Crippen molar-refractivity contribution in [2.75, 3.05) is 44.2 Å². The molecule has 156 valence electrons. The highest BCUT2D eigenvalue weighted by Gasteiger charge is 2.21. The quantitative estimate of drug-likeness (QED) is 0.630. The van der Waals surface area contributed by atoms with Gasteiger partial charge in [0.15, 0.2) is 0 Å². The summed E-state index contributed by atoms with van der Waals surface area (Å²) in [6.07, 6.45) is -0.546. The van der Waals surface area contributed by atoms with E-state index in [1.54, 1.807) is 6.07 Å². The number of β-amino-alcohol motifs (C(OH)–C–C–N with tert-alkyl or cyclic N) is 1. The number of anilines is 1. The van der Waals surface area contributed by atoms with E-state index < -0.39 is 6.10 Å². The summed E-state index contributed by atoms with van der Waals surface area (Å²) in [5, 5.41) is 20.4. The minimum Gasteiger partial charge on any atom is -0.506 e. The smallest absolute Gasteiger partial charge is 0.138 e. The Balaban J connectivity index is 1.22. The fourth-order valence-corrected chi connectivity index (χ4v) is 3.82. The number of phenolic OH excluding ortho intramolecular Hbond substituents is 1. The van der Waals surface area contributed by atoms with Gasteiger partial charge in [0.05, 0.1) is 5.69 Å². The Bertz CT molecular complexity index is 923. The number of aromatic hydroxyl groups is 1. The highest BCUT2D eigenvalue weighted by molar-refractivity contribution is 5.63. The van der Waals surface area contributed by atoms with Crippen LogP contribution in [-0.2, 0) is 0 Å². The molecule has 1 atom stereocenters. The number of para-hydroxylation sites is 2. The van der Waals surface area contributed by atoms with Crippen molar-refractivity contribution in [2.45, 2.75) is 6.10 Å². The molecule has 0 spiro atoms. The monoisotopic (exact) mass is 404 g/mol. The summed E-state index contributed by atoms with van der Waals surface area (Å²) >= 11 is 0. The van der Waals surface area contributed by atoms with Gasteiger partial charge in [0.1, 0.15) is 24.2 Å². The SMILES string of the molecule is Oc1ccccc1N1CCN(C[C@H](O)COc2ccc(-c3ccccc3)cc2)CC1. The second-order valence-electron chi connectivity index (χ2n) is 7.63. The lowest BCUT2D eigenvalue weighted by molar-refractivity contribution is 0.0663. The van der Waals surface area contributed by atoms with Gasteiger partial charge < -0.3 is 19.8 Å². The van der Waals surface area contributed by atoms with Crippen LogP contribution in [0.3, 0.4) is 0 Å². The number of benzene rings is 3. The zero-order valence-corrected chi connectivity index (χ0v) is 17.0. The van der Waals surface area contributed by atoms with Gasteiger partial charge in [-0.05, 0) is 35.4 Å². The van der Waals surface area contributed by atoms with E-state index in [0.717, 1.165) is 43.2 Å². The number of phenols is 1. The lowest BCUT2D eigenvalue weighted by Crippen LogP contribution is -2.49. The minimum absolute atomic E-state index is 0.268. The summed E-state index contributed by atoms with van der Waals surface area (Å²) in [6, 6.07) is 25.6. The van der Waals surface area contributed by atoms with Crippen LogP contribution in [0.25, 0.3) is 11.1 Å². The first-order chi connectivity index (χ1) is 14.7. The Kier molecular flexibility index (Phi) is 6.52. The molecule has 0 bridgehead atoms. The van der Waals surface area contributed by atoms with Gasteiger partial charge in [0.2, 0.25) is 0 Å². The van der Waals surface area contributed by atoms with Crippen LogP contribution in [0.5, 0.6) is 11.5 Å². The second-order valence-corrected chi connectivity index (χ2v) is 7.63. The second kappa shape index (κ2) is 9.65. The topological polar surface area (TPSA) is 56.2 Å². The number of ether oxygens (including phenoxy) is 1. The van der Waals surface area contributed by atoms with Gasteiger partial charge in [-0.15, -0.1) is 0 Å². The standard InChI is InChI=1S/C25H28N2O3/c28-22(18-26-14-16-27(17-15-26)24-8-4-5-9-25(24)29)19-30-23-12-10-21(11-13-23)20-6-2-1-3-7-20/h1-13,22,28-29H,14-19H2/t22-/m0/s1. The molecule has 0 radical (unpaired) electrons. The number of rotatable bonds is 7. The highest BCUT2D eigenvalue weighted by atomic mass is 16.5. The van der Waals surface area contributed by atoms with Crippen LogP contribution in [-0.4, -0.2) is 60.5 Å². The number of nitrogens with zero attached hydrogens (tertiary/aromatic N) is 2. The fraction of sp³-hybridized carbons (Fsp3) is 0.280. The van der Waals surface area contributed by atoms with E-state index in [-0.39, 0.29) is 6.61 Å². The van der Waals surface area contributed by atoms with Crippen LogP contribution >= 0.6 is 0 Å². The Morgan fingerprint density at radius 1 is 0.767 bits per heavy atom. The zero-order valence-electron chi connectivity index (χ0n) is 17.0. The molecule has 0 aromatic heterocycles. The number of piperazine rings is 1. The molecule has 5 nitrogen and oxygen atoms in total. The van der Waals surface area contributed by atoms with E-state index in [1.807, 2.05) is 60.7 Å². The van der Waals surface area contributed by atoms with Crippen LogP contribution in [0.4, 0.5) is 5.69 Å². The van der Waals surface area contributed by atoms with Gasteiger partial charge >= 0.3 is 0 Å². The third-order valence-corrected chi connectivity index (χ3v) is 5.47. The van der Waals surface area contributed by atoms with Crippen LogP contribution in [0.2, 0.25) is 0 Å². The molecule has 30 heavy (non-hydrogen) atoms. The molecule has 3 aromatic rings. The number of aliphatic hydroxyl groups is 1. The summed E-state index contributed by atoms with van der Waals surface area (Å²) in [5.74, 6) is 1.08. The molecular weight excluding hydrogens is 376 g/mol. The lowest BCUT2D eigenvalue weighted by Gasteiger charge is -2.37. The Hall–Kier alpha value is -3.02. The molecular formula is C25H28N2O3. The first-order valence-electron chi connectivity index (χ1n) is 10.4. The van der Waals surface area contributed by atoms with Gasteiger partial charge in [-0.3, -0.25) is 4.90 Å². The summed E-state index contributed by atoms with van der Waals surface area (Å²) < 4.78 is 5.79. The van der Waals surface area contributed by atoms with E-state index in [2.05, 4.69) is 21.9 Å². The van der Waals surface area contributed by atoms with Crippen molar-refractivity contribution in [1.82, 2.24) is 4.90 Å². The van der Waals surface area contributed by atoms with Crippen molar-refractivity contribution in [3.05, 3.63) is 78.9 Å². The van der Waals surface area contributed by atoms with E-state index in [4.69, 9.17) is 4.74 Å².